The zero-order valence-electron chi connectivity index (χ0n) is 18.9. The number of anilines is 1. The molecule has 1 N–H and O–H groups in total. The molecule has 1 aliphatic rings. The van der Waals surface area contributed by atoms with Gasteiger partial charge in [0.15, 0.2) is 11.5 Å². The number of rotatable bonds is 8. The van der Waals surface area contributed by atoms with Gasteiger partial charge in [0, 0.05) is 12.2 Å². The van der Waals surface area contributed by atoms with Crippen molar-refractivity contribution in [3.63, 3.8) is 0 Å². The van der Waals surface area contributed by atoms with Crippen LogP contribution in [-0.2, 0) is 14.8 Å². The molecule has 0 bridgehead atoms. The summed E-state index contributed by atoms with van der Waals surface area (Å²) in [4.78, 5) is 13.1. The lowest BCUT2D eigenvalue weighted by atomic mass is 10.2. The Balaban J connectivity index is 1.44. The summed E-state index contributed by atoms with van der Waals surface area (Å²) in [6.45, 7) is 0.290. The highest BCUT2D eigenvalue weighted by Gasteiger charge is 2.39. The largest absolute Gasteiger partial charge is 0.497 e. The first-order valence-corrected chi connectivity index (χ1v) is 12.2. The fourth-order valence-corrected chi connectivity index (χ4v) is 5.49. The minimum absolute atomic E-state index is 0.130. The van der Waals surface area contributed by atoms with E-state index >= 15 is 0 Å². The quantitative estimate of drug-likeness (QED) is 0.515. The average Bonchev–Trinajstić information content (AvgIpc) is 3.37. The Morgan fingerprint density at radius 1 is 0.882 bits per heavy atom. The van der Waals surface area contributed by atoms with Crippen LogP contribution in [0.1, 0.15) is 12.8 Å². The van der Waals surface area contributed by atoms with E-state index in [2.05, 4.69) is 5.32 Å². The molecule has 0 spiro atoms. The maximum absolute atomic E-state index is 13.2. The first-order valence-electron chi connectivity index (χ1n) is 10.8. The van der Waals surface area contributed by atoms with Gasteiger partial charge in [-0.15, -0.1) is 0 Å². The summed E-state index contributed by atoms with van der Waals surface area (Å²) in [5.41, 5.74) is 0.547. The van der Waals surface area contributed by atoms with Gasteiger partial charge < -0.3 is 19.5 Å². The standard InChI is InChI=1S/C25H26N2O6S/c1-31-19-13-15-21(16-14-19)34(29,30)27-17-5-6-22(27)25(28)26-18-9-11-20(12-10-18)33-24-8-4-3-7-23(24)32-2/h3-4,7-16,22H,5-6,17H2,1-2H3,(H,26,28). The van der Waals surface area contributed by atoms with Gasteiger partial charge in [-0.05, 0) is 73.5 Å². The third kappa shape index (κ3) is 5.00. The second-order valence-corrected chi connectivity index (χ2v) is 9.61. The molecule has 9 heteroatoms. The Bertz CT molecular complexity index is 1240. The first-order chi connectivity index (χ1) is 16.4. The van der Waals surface area contributed by atoms with Crippen LogP contribution in [0, 0.1) is 0 Å². The zero-order valence-corrected chi connectivity index (χ0v) is 19.7. The van der Waals surface area contributed by atoms with Gasteiger partial charge in [-0.2, -0.15) is 4.31 Å². The molecular weight excluding hydrogens is 456 g/mol. The highest BCUT2D eigenvalue weighted by molar-refractivity contribution is 7.89. The maximum Gasteiger partial charge on any atom is 0.243 e. The van der Waals surface area contributed by atoms with Gasteiger partial charge in [-0.25, -0.2) is 8.42 Å². The topological polar surface area (TPSA) is 94.2 Å². The molecule has 178 valence electrons. The van der Waals surface area contributed by atoms with Crippen molar-refractivity contribution in [2.75, 3.05) is 26.1 Å². The van der Waals surface area contributed by atoms with Crippen molar-refractivity contribution in [2.24, 2.45) is 0 Å². The molecule has 1 unspecified atom stereocenters. The van der Waals surface area contributed by atoms with Crippen LogP contribution in [-0.4, -0.2) is 45.4 Å². The van der Waals surface area contributed by atoms with Crippen molar-refractivity contribution < 1.29 is 27.4 Å². The molecule has 1 saturated heterocycles. The minimum Gasteiger partial charge on any atom is -0.497 e. The van der Waals surface area contributed by atoms with Crippen molar-refractivity contribution in [3.8, 4) is 23.0 Å². The molecule has 1 fully saturated rings. The van der Waals surface area contributed by atoms with E-state index in [-0.39, 0.29) is 17.3 Å². The van der Waals surface area contributed by atoms with E-state index in [9.17, 15) is 13.2 Å². The Morgan fingerprint density at radius 2 is 1.53 bits per heavy atom. The second kappa shape index (κ2) is 10.1. The smallest absolute Gasteiger partial charge is 0.243 e. The van der Waals surface area contributed by atoms with E-state index in [0.717, 1.165) is 0 Å². The lowest BCUT2D eigenvalue weighted by molar-refractivity contribution is -0.119. The third-order valence-corrected chi connectivity index (χ3v) is 7.51. The molecule has 4 rings (SSSR count). The number of carbonyl (C=O) groups excluding carboxylic acids is 1. The lowest BCUT2D eigenvalue weighted by Crippen LogP contribution is -2.43. The third-order valence-electron chi connectivity index (χ3n) is 5.59. The van der Waals surface area contributed by atoms with Gasteiger partial charge in [-0.3, -0.25) is 4.79 Å². The van der Waals surface area contributed by atoms with Crippen molar-refractivity contribution in [1.29, 1.82) is 0 Å². The molecule has 3 aromatic rings. The summed E-state index contributed by atoms with van der Waals surface area (Å²) in [7, 11) is -0.726. The molecule has 0 saturated carbocycles. The molecule has 0 aromatic heterocycles. The van der Waals surface area contributed by atoms with Crippen LogP contribution >= 0.6 is 0 Å². The van der Waals surface area contributed by atoms with E-state index < -0.39 is 16.1 Å². The van der Waals surface area contributed by atoms with Gasteiger partial charge in [0.2, 0.25) is 15.9 Å². The molecule has 1 atom stereocenters. The number of nitrogens with one attached hydrogen (secondary N) is 1. The van der Waals surface area contributed by atoms with Crippen molar-refractivity contribution in [2.45, 2.75) is 23.8 Å². The maximum atomic E-state index is 13.2. The number of methoxy groups -OCH3 is 2. The number of amides is 1. The molecule has 1 amide bonds. The number of hydrogen-bond acceptors (Lipinski definition) is 6. The summed E-state index contributed by atoms with van der Waals surface area (Å²) in [5.74, 6) is 1.96. The van der Waals surface area contributed by atoms with Crippen molar-refractivity contribution in [1.82, 2.24) is 4.31 Å². The first kappa shape index (κ1) is 23.6. The monoisotopic (exact) mass is 482 g/mol. The summed E-state index contributed by atoms with van der Waals surface area (Å²) >= 11 is 0. The molecular formula is C25H26N2O6S. The highest BCUT2D eigenvalue weighted by Crippen LogP contribution is 2.32. The van der Waals surface area contributed by atoms with Crippen molar-refractivity contribution >= 4 is 21.6 Å². The Labute approximate surface area is 199 Å². The Kier molecular flexibility index (Phi) is 7.04. The van der Waals surface area contributed by atoms with Crippen molar-refractivity contribution in [3.05, 3.63) is 72.8 Å². The summed E-state index contributed by atoms with van der Waals surface area (Å²) < 4.78 is 43.8. The van der Waals surface area contributed by atoms with E-state index in [0.29, 0.717) is 41.5 Å². The lowest BCUT2D eigenvalue weighted by Gasteiger charge is -2.23. The van der Waals surface area contributed by atoms with Crippen LogP contribution in [0.2, 0.25) is 0 Å². The normalized spacial score (nSPS) is 16.1. The zero-order chi connectivity index (χ0) is 24.1. The van der Waals surface area contributed by atoms with Crippen LogP contribution in [0.25, 0.3) is 0 Å². The molecule has 8 nitrogen and oxygen atoms in total. The number of sulfonamides is 1. The summed E-state index contributed by atoms with van der Waals surface area (Å²) in [5, 5.41) is 2.82. The molecule has 1 heterocycles. The second-order valence-electron chi connectivity index (χ2n) is 7.72. The van der Waals surface area contributed by atoms with E-state index in [1.54, 1.807) is 55.6 Å². The van der Waals surface area contributed by atoms with Gasteiger partial charge in [0.05, 0.1) is 19.1 Å². The highest BCUT2D eigenvalue weighted by atomic mass is 32.2. The van der Waals surface area contributed by atoms with Crippen LogP contribution in [0.15, 0.2) is 77.7 Å². The molecule has 3 aromatic carbocycles. The molecule has 0 radical (unpaired) electrons. The van der Waals surface area contributed by atoms with E-state index in [1.165, 1.54) is 23.5 Å². The molecule has 1 aliphatic heterocycles. The number of nitrogens with zero attached hydrogens (tertiary/aromatic N) is 1. The van der Waals surface area contributed by atoms with Crippen LogP contribution in [0.3, 0.4) is 0 Å². The van der Waals surface area contributed by atoms with Gasteiger partial charge >= 0.3 is 0 Å². The number of carbonyl (C=O) groups is 1. The fraction of sp³-hybridized carbons (Fsp3) is 0.240. The van der Waals surface area contributed by atoms with Gasteiger partial charge in [0.25, 0.3) is 0 Å². The van der Waals surface area contributed by atoms with E-state index in [1.807, 2.05) is 12.1 Å². The van der Waals surface area contributed by atoms with Crippen LogP contribution < -0.4 is 19.5 Å². The average molecular weight is 483 g/mol. The summed E-state index contributed by atoms with van der Waals surface area (Å²) in [6, 6.07) is 19.5. The Morgan fingerprint density at radius 3 is 2.18 bits per heavy atom. The van der Waals surface area contributed by atoms with Crippen LogP contribution in [0.5, 0.6) is 23.0 Å². The fourth-order valence-electron chi connectivity index (χ4n) is 3.83. The Hall–Kier alpha value is -3.56. The van der Waals surface area contributed by atoms with Crippen LogP contribution in [0.4, 0.5) is 5.69 Å². The number of ether oxygens (including phenoxy) is 3. The number of benzene rings is 3. The number of hydrogen-bond donors (Lipinski definition) is 1. The minimum atomic E-state index is -3.81. The van der Waals surface area contributed by atoms with Gasteiger partial charge in [-0.1, -0.05) is 12.1 Å². The number of para-hydroxylation sites is 2. The van der Waals surface area contributed by atoms with E-state index in [4.69, 9.17) is 14.2 Å². The SMILES string of the molecule is COc1ccc(S(=O)(=O)N2CCCC2C(=O)Nc2ccc(Oc3ccccc3OC)cc2)cc1. The predicted molar refractivity (Wildman–Crippen MR) is 128 cm³/mol. The predicted octanol–water partition coefficient (Wildman–Crippen LogP) is 4.29. The molecule has 34 heavy (non-hydrogen) atoms. The summed E-state index contributed by atoms with van der Waals surface area (Å²) in [6.07, 6.45) is 1.06. The molecule has 0 aliphatic carbocycles. The van der Waals surface area contributed by atoms with Gasteiger partial charge in [0.1, 0.15) is 17.5 Å².